The second kappa shape index (κ2) is 6.03. The number of nitrogens with one attached hydrogen (secondary N) is 1. The molecule has 20 heavy (non-hydrogen) atoms. The van der Waals surface area contributed by atoms with Gasteiger partial charge in [-0.25, -0.2) is 0 Å². The molecule has 104 valence electrons. The summed E-state index contributed by atoms with van der Waals surface area (Å²) < 4.78 is 5.28. The lowest BCUT2D eigenvalue weighted by Gasteiger charge is -2.25. The SMILES string of the molecule is O=C(CN1CCOCC1)Nc1cccc2ccccc12. The highest BCUT2D eigenvalue weighted by atomic mass is 16.5. The number of anilines is 1. The predicted molar refractivity (Wildman–Crippen MR) is 79.8 cm³/mol. The first-order valence-electron chi connectivity index (χ1n) is 6.91. The first-order chi connectivity index (χ1) is 9.83. The van der Waals surface area contributed by atoms with E-state index < -0.39 is 0 Å². The number of carbonyl (C=O) groups is 1. The van der Waals surface area contributed by atoms with Crippen LogP contribution in [-0.4, -0.2) is 43.7 Å². The van der Waals surface area contributed by atoms with Crippen LogP contribution in [0.15, 0.2) is 42.5 Å². The van der Waals surface area contributed by atoms with Crippen molar-refractivity contribution < 1.29 is 9.53 Å². The lowest BCUT2D eigenvalue weighted by Crippen LogP contribution is -2.41. The topological polar surface area (TPSA) is 41.6 Å². The zero-order chi connectivity index (χ0) is 13.8. The first kappa shape index (κ1) is 13.1. The Morgan fingerprint density at radius 3 is 2.70 bits per heavy atom. The van der Waals surface area contributed by atoms with Crippen LogP contribution in [0.2, 0.25) is 0 Å². The van der Waals surface area contributed by atoms with Crippen LogP contribution < -0.4 is 5.32 Å². The molecule has 0 bridgehead atoms. The van der Waals surface area contributed by atoms with E-state index in [-0.39, 0.29) is 5.91 Å². The molecular formula is C16H18N2O2. The van der Waals surface area contributed by atoms with Crippen LogP contribution in [0.4, 0.5) is 5.69 Å². The van der Waals surface area contributed by atoms with E-state index in [0.717, 1.165) is 29.5 Å². The molecular weight excluding hydrogens is 252 g/mol. The van der Waals surface area contributed by atoms with Crippen molar-refractivity contribution in [3.63, 3.8) is 0 Å². The number of nitrogens with zero attached hydrogens (tertiary/aromatic N) is 1. The van der Waals surface area contributed by atoms with Crippen molar-refractivity contribution in [2.24, 2.45) is 0 Å². The molecule has 3 rings (SSSR count). The number of hydrogen-bond donors (Lipinski definition) is 1. The molecule has 1 aliphatic heterocycles. The van der Waals surface area contributed by atoms with Crippen LogP contribution in [0.5, 0.6) is 0 Å². The van der Waals surface area contributed by atoms with Gasteiger partial charge in [0.2, 0.25) is 5.91 Å². The summed E-state index contributed by atoms with van der Waals surface area (Å²) in [4.78, 5) is 14.2. The van der Waals surface area contributed by atoms with Crippen molar-refractivity contribution >= 4 is 22.4 Å². The van der Waals surface area contributed by atoms with E-state index >= 15 is 0 Å². The average Bonchev–Trinajstić information content (AvgIpc) is 2.48. The largest absolute Gasteiger partial charge is 0.379 e. The number of benzene rings is 2. The van der Waals surface area contributed by atoms with E-state index in [0.29, 0.717) is 19.8 Å². The zero-order valence-corrected chi connectivity index (χ0v) is 11.3. The predicted octanol–water partition coefficient (Wildman–Crippen LogP) is 2.11. The van der Waals surface area contributed by atoms with E-state index in [1.807, 2.05) is 42.5 Å². The fourth-order valence-corrected chi connectivity index (χ4v) is 2.49. The Morgan fingerprint density at radius 2 is 1.85 bits per heavy atom. The highest BCUT2D eigenvalue weighted by Crippen LogP contribution is 2.22. The lowest BCUT2D eigenvalue weighted by atomic mass is 10.1. The molecule has 0 aromatic heterocycles. The second-order valence-electron chi connectivity index (χ2n) is 4.96. The quantitative estimate of drug-likeness (QED) is 0.928. The molecule has 0 aliphatic carbocycles. The molecule has 4 heteroatoms. The molecule has 1 fully saturated rings. The van der Waals surface area contributed by atoms with Gasteiger partial charge in [0.05, 0.1) is 19.8 Å². The third-order valence-corrected chi connectivity index (χ3v) is 3.53. The second-order valence-corrected chi connectivity index (χ2v) is 4.96. The fourth-order valence-electron chi connectivity index (χ4n) is 2.49. The Morgan fingerprint density at radius 1 is 1.10 bits per heavy atom. The summed E-state index contributed by atoms with van der Waals surface area (Å²) in [7, 11) is 0. The van der Waals surface area contributed by atoms with E-state index in [9.17, 15) is 4.79 Å². The number of ether oxygens (including phenoxy) is 1. The summed E-state index contributed by atoms with van der Waals surface area (Å²) in [6.07, 6.45) is 0. The third-order valence-electron chi connectivity index (χ3n) is 3.53. The molecule has 0 atom stereocenters. The smallest absolute Gasteiger partial charge is 0.238 e. The normalized spacial score (nSPS) is 16.2. The maximum absolute atomic E-state index is 12.1. The average molecular weight is 270 g/mol. The van der Waals surface area contributed by atoms with Gasteiger partial charge in [-0.1, -0.05) is 36.4 Å². The molecule has 1 N–H and O–H groups in total. The molecule has 1 heterocycles. The van der Waals surface area contributed by atoms with Gasteiger partial charge in [-0.05, 0) is 11.5 Å². The van der Waals surface area contributed by atoms with E-state index in [1.165, 1.54) is 0 Å². The molecule has 2 aromatic rings. The van der Waals surface area contributed by atoms with Crippen LogP contribution in [0.25, 0.3) is 10.8 Å². The van der Waals surface area contributed by atoms with Crippen molar-refractivity contribution in [1.82, 2.24) is 4.90 Å². The summed E-state index contributed by atoms with van der Waals surface area (Å²) in [5.74, 6) is 0.0308. The minimum Gasteiger partial charge on any atom is -0.379 e. The Kier molecular flexibility index (Phi) is 3.95. The van der Waals surface area contributed by atoms with Gasteiger partial charge in [-0.3, -0.25) is 9.69 Å². The van der Waals surface area contributed by atoms with Gasteiger partial charge in [-0.2, -0.15) is 0 Å². The Bertz CT molecular complexity index is 601. The van der Waals surface area contributed by atoms with Crippen LogP contribution in [0.3, 0.4) is 0 Å². The number of hydrogen-bond acceptors (Lipinski definition) is 3. The molecule has 0 saturated carbocycles. The lowest BCUT2D eigenvalue weighted by molar-refractivity contribution is -0.118. The van der Waals surface area contributed by atoms with Crippen molar-refractivity contribution in [3.05, 3.63) is 42.5 Å². The minimum atomic E-state index is 0.0308. The van der Waals surface area contributed by atoms with Gasteiger partial charge in [0.25, 0.3) is 0 Å². The monoisotopic (exact) mass is 270 g/mol. The first-order valence-corrected chi connectivity index (χ1v) is 6.91. The molecule has 1 saturated heterocycles. The van der Waals surface area contributed by atoms with Crippen molar-refractivity contribution in [2.75, 3.05) is 38.2 Å². The van der Waals surface area contributed by atoms with Crippen LogP contribution in [0.1, 0.15) is 0 Å². The van der Waals surface area contributed by atoms with E-state index in [2.05, 4.69) is 10.2 Å². The molecule has 4 nitrogen and oxygen atoms in total. The maximum atomic E-state index is 12.1. The molecule has 2 aromatic carbocycles. The number of rotatable bonds is 3. The summed E-state index contributed by atoms with van der Waals surface area (Å²) in [6, 6.07) is 14.0. The van der Waals surface area contributed by atoms with Crippen LogP contribution in [0, 0.1) is 0 Å². The van der Waals surface area contributed by atoms with Crippen LogP contribution >= 0.6 is 0 Å². The van der Waals surface area contributed by atoms with Crippen molar-refractivity contribution in [2.45, 2.75) is 0 Å². The van der Waals surface area contributed by atoms with Gasteiger partial charge in [0.15, 0.2) is 0 Å². The standard InChI is InChI=1S/C16H18N2O2/c19-16(12-18-8-10-20-11-9-18)17-15-7-3-5-13-4-1-2-6-14(13)15/h1-7H,8-12H2,(H,17,19). The minimum absolute atomic E-state index is 0.0308. The van der Waals surface area contributed by atoms with E-state index in [1.54, 1.807) is 0 Å². The number of carbonyl (C=O) groups excluding carboxylic acids is 1. The summed E-state index contributed by atoms with van der Waals surface area (Å²) in [6.45, 7) is 3.49. The molecule has 0 unspecified atom stereocenters. The molecule has 1 amide bonds. The Hall–Kier alpha value is -1.91. The van der Waals surface area contributed by atoms with Gasteiger partial charge in [0, 0.05) is 24.2 Å². The van der Waals surface area contributed by atoms with Crippen LogP contribution in [-0.2, 0) is 9.53 Å². The van der Waals surface area contributed by atoms with Gasteiger partial charge in [-0.15, -0.1) is 0 Å². The van der Waals surface area contributed by atoms with Gasteiger partial charge < -0.3 is 10.1 Å². The van der Waals surface area contributed by atoms with E-state index in [4.69, 9.17) is 4.74 Å². The zero-order valence-electron chi connectivity index (χ0n) is 11.3. The Balaban J connectivity index is 1.71. The summed E-state index contributed by atoms with van der Waals surface area (Å²) in [5, 5.41) is 5.22. The number of fused-ring (bicyclic) bond motifs is 1. The molecule has 0 radical (unpaired) electrons. The number of morpholine rings is 1. The fraction of sp³-hybridized carbons (Fsp3) is 0.312. The summed E-state index contributed by atoms with van der Waals surface area (Å²) >= 11 is 0. The van der Waals surface area contributed by atoms with Crippen molar-refractivity contribution in [3.8, 4) is 0 Å². The number of amides is 1. The maximum Gasteiger partial charge on any atom is 0.238 e. The highest BCUT2D eigenvalue weighted by Gasteiger charge is 2.14. The molecule has 1 aliphatic rings. The highest BCUT2D eigenvalue weighted by molar-refractivity contribution is 6.02. The van der Waals surface area contributed by atoms with Gasteiger partial charge >= 0.3 is 0 Å². The summed E-state index contributed by atoms with van der Waals surface area (Å²) in [5.41, 5.74) is 0.876. The van der Waals surface area contributed by atoms with Crippen molar-refractivity contribution in [1.29, 1.82) is 0 Å². The van der Waals surface area contributed by atoms with Gasteiger partial charge in [0.1, 0.15) is 0 Å². The molecule has 0 spiro atoms. The Labute approximate surface area is 118 Å². The third kappa shape index (κ3) is 2.98.